The lowest BCUT2D eigenvalue weighted by atomic mass is 10.1. The molecule has 3 aromatic rings. The van der Waals surface area contributed by atoms with Crippen molar-refractivity contribution in [2.75, 3.05) is 21.3 Å². The van der Waals surface area contributed by atoms with Gasteiger partial charge in [0.1, 0.15) is 17.4 Å². The van der Waals surface area contributed by atoms with Gasteiger partial charge in [0.05, 0.1) is 30.4 Å². The van der Waals surface area contributed by atoms with Crippen LogP contribution in [0, 0.1) is 6.92 Å². The van der Waals surface area contributed by atoms with Gasteiger partial charge in [-0.3, -0.25) is 4.79 Å². The molecule has 0 fully saturated rings. The van der Waals surface area contributed by atoms with Crippen molar-refractivity contribution < 1.29 is 37.0 Å². The van der Waals surface area contributed by atoms with Crippen molar-refractivity contribution in [2.24, 2.45) is 0 Å². The molecule has 10 heteroatoms. The number of nitrogens with zero attached hydrogens (tertiary/aromatic N) is 1. The fourth-order valence-electron chi connectivity index (χ4n) is 3.51. The summed E-state index contributed by atoms with van der Waals surface area (Å²) < 4.78 is 50.5. The summed E-state index contributed by atoms with van der Waals surface area (Å²) in [6, 6.07) is 14.0. The molecular formula is C26H27NO8S. The second kappa shape index (κ2) is 11.2. The highest BCUT2D eigenvalue weighted by Gasteiger charge is 2.32. The quantitative estimate of drug-likeness (QED) is 0.311. The van der Waals surface area contributed by atoms with Gasteiger partial charge in [-0.15, -0.1) is 0 Å². The van der Waals surface area contributed by atoms with Gasteiger partial charge in [0, 0.05) is 25.8 Å². The van der Waals surface area contributed by atoms with E-state index >= 15 is 0 Å². The number of hydrogen-bond acceptors (Lipinski definition) is 8. The van der Waals surface area contributed by atoms with Crippen molar-refractivity contribution in [3.05, 3.63) is 83.2 Å². The molecule has 0 amide bonds. The highest BCUT2D eigenvalue weighted by atomic mass is 32.2. The highest BCUT2D eigenvalue weighted by molar-refractivity contribution is 8.01. The Bertz CT molecular complexity index is 1380. The Morgan fingerprint density at radius 2 is 1.56 bits per heavy atom. The van der Waals surface area contributed by atoms with Crippen molar-refractivity contribution in [3.8, 4) is 5.75 Å². The van der Waals surface area contributed by atoms with Gasteiger partial charge < -0.3 is 23.5 Å². The number of methoxy groups -OCH3 is 3. The van der Waals surface area contributed by atoms with Crippen molar-refractivity contribution in [2.45, 2.75) is 25.5 Å². The molecule has 0 bridgehead atoms. The van der Waals surface area contributed by atoms with Crippen LogP contribution in [-0.2, 0) is 35.6 Å². The van der Waals surface area contributed by atoms with Gasteiger partial charge in [0.15, 0.2) is 5.76 Å². The average Bonchev–Trinajstić information content (AvgIpc) is 3.26. The van der Waals surface area contributed by atoms with Crippen LogP contribution in [0.5, 0.6) is 5.75 Å². The summed E-state index contributed by atoms with van der Waals surface area (Å²) in [7, 11) is -0.154. The molecule has 0 aliphatic heterocycles. The molecule has 2 aromatic carbocycles. The van der Waals surface area contributed by atoms with E-state index in [0.717, 1.165) is 5.56 Å². The Labute approximate surface area is 209 Å². The Kier molecular flexibility index (Phi) is 8.33. The van der Waals surface area contributed by atoms with Crippen LogP contribution in [0.2, 0.25) is 0 Å². The molecule has 0 saturated carbocycles. The molecule has 0 saturated heterocycles. The molecule has 0 radical (unpaired) electrons. The van der Waals surface area contributed by atoms with Crippen molar-refractivity contribution in [1.29, 1.82) is 0 Å². The molecule has 36 heavy (non-hydrogen) atoms. The van der Waals surface area contributed by atoms with E-state index in [0.29, 0.717) is 11.3 Å². The lowest BCUT2D eigenvalue weighted by Gasteiger charge is -2.18. The van der Waals surface area contributed by atoms with Crippen LogP contribution < -0.4 is 4.74 Å². The van der Waals surface area contributed by atoms with Crippen molar-refractivity contribution in [1.82, 2.24) is 4.57 Å². The molecule has 190 valence electrons. The third-order valence-electron chi connectivity index (χ3n) is 5.22. The minimum absolute atomic E-state index is 0.0222. The third-order valence-corrected chi connectivity index (χ3v) is 7.05. The molecular weight excluding hydrogens is 486 g/mol. The second-order valence-electron chi connectivity index (χ2n) is 7.79. The number of sulfone groups is 1. The van der Waals surface area contributed by atoms with Crippen LogP contribution in [0.15, 0.2) is 65.7 Å². The van der Waals surface area contributed by atoms with E-state index in [2.05, 4.69) is 0 Å². The number of carbonyl (C=O) groups excluding carboxylic acids is 2. The number of esters is 2. The normalized spacial score (nSPS) is 12.0. The Morgan fingerprint density at radius 1 is 0.917 bits per heavy atom. The maximum absolute atomic E-state index is 14.1. The number of aryl methyl sites for hydroxylation is 1. The first kappa shape index (κ1) is 26.7. The SMILES string of the molecule is COCn1cc(C(=O)OC)cc1/C(=C(/OC(C)=O)c1ccc(OC)cc1)S(=O)(=O)c1ccc(C)cc1. The first-order valence-electron chi connectivity index (χ1n) is 10.8. The van der Waals surface area contributed by atoms with Gasteiger partial charge in [-0.25, -0.2) is 13.2 Å². The fourth-order valence-corrected chi connectivity index (χ4v) is 5.10. The molecule has 0 aliphatic carbocycles. The maximum Gasteiger partial charge on any atom is 0.339 e. The smallest absolute Gasteiger partial charge is 0.339 e. The summed E-state index contributed by atoms with van der Waals surface area (Å²) in [5, 5.41) is 0. The van der Waals surface area contributed by atoms with E-state index < -0.39 is 21.8 Å². The number of rotatable bonds is 9. The minimum Gasteiger partial charge on any atom is -0.497 e. The van der Waals surface area contributed by atoms with E-state index in [4.69, 9.17) is 18.9 Å². The van der Waals surface area contributed by atoms with Crippen LogP contribution in [0.4, 0.5) is 0 Å². The summed E-state index contributed by atoms with van der Waals surface area (Å²) in [5.41, 5.74) is 1.34. The van der Waals surface area contributed by atoms with E-state index in [1.807, 2.05) is 6.92 Å². The molecule has 0 aliphatic rings. The summed E-state index contributed by atoms with van der Waals surface area (Å²) in [5.74, 6) is -1.08. The summed E-state index contributed by atoms with van der Waals surface area (Å²) in [6.07, 6.45) is 1.41. The summed E-state index contributed by atoms with van der Waals surface area (Å²) in [4.78, 5) is 24.2. The van der Waals surface area contributed by atoms with Crippen LogP contribution in [0.1, 0.15) is 34.1 Å². The number of hydrogen-bond donors (Lipinski definition) is 0. The van der Waals surface area contributed by atoms with Gasteiger partial charge in [0.25, 0.3) is 0 Å². The third kappa shape index (κ3) is 5.67. The van der Waals surface area contributed by atoms with Gasteiger partial charge in [0.2, 0.25) is 9.84 Å². The molecule has 9 nitrogen and oxygen atoms in total. The Balaban J connectivity index is 2.45. The lowest BCUT2D eigenvalue weighted by Crippen LogP contribution is -2.14. The Hall–Kier alpha value is -3.89. The van der Waals surface area contributed by atoms with Gasteiger partial charge in [-0.05, 0) is 49.4 Å². The Morgan fingerprint density at radius 3 is 2.08 bits per heavy atom. The van der Waals surface area contributed by atoms with Gasteiger partial charge in [-0.1, -0.05) is 17.7 Å². The zero-order valence-electron chi connectivity index (χ0n) is 20.6. The molecule has 1 heterocycles. The molecule has 0 spiro atoms. The van der Waals surface area contributed by atoms with Crippen LogP contribution in [0.3, 0.4) is 0 Å². The van der Waals surface area contributed by atoms with Crippen LogP contribution in [-0.4, -0.2) is 46.3 Å². The van der Waals surface area contributed by atoms with E-state index in [9.17, 15) is 18.0 Å². The molecule has 3 rings (SSSR count). The summed E-state index contributed by atoms with van der Waals surface area (Å²) >= 11 is 0. The zero-order valence-corrected chi connectivity index (χ0v) is 21.4. The molecule has 0 N–H and O–H groups in total. The van der Waals surface area contributed by atoms with Crippen molar-refractivity contribution >= 4 is 32.4 Å². The van der Waals surface area contributed by atoms with Crippen LogP contribution in [0.25, 0.3) is 10.7 Å². The first-order valence-corrected chi connectivity index (χ1v) is 12.3. The summed E-state index contributed by atoms with van der Waals surface area (Å²) in [6.45, 7) is 2.92. The average molecular weight is 514 g/mol. The van der Waals surface area contributed by atoms with E-state index in [-0.39, 0.29) is 33.5 Å². The number of aromatic nitrogens is 1. The first-order chi connectivity index (χ1) is 17.1. The second-order valence-corrected chi connectivity index (χ2v) is 9.68. The molecule has 0 atom stereocenters. The van der Waals surface area contributed by atoms with Gasteiger partial charge in [-0.2, -0.15) is 0 Å². The molecule has 1 aromatic heterocycles. The largest absolute Gasteiger partial charge is 0.497 e. The van der Waals surface area contributed by atoms with Gasteiger partial charge >= 0.3 is 11.9 Å². The van der Waals surface area contributed by atoms with E-state index in [1.165, 1.54) is 57.2 Å². The predicted molar refractivity (Wildman–Crippen MR) is 133 cm³/mol. The fraction of sp³-hybridized carbons (Fsp3) is 0.231. The zero-order chi connectivity index (χ0) is 26.5. The highest BCUT2D eigenvalue weighted by Crippen LogP contribution is 2.37. The standard InChI is InChI=1S/C26H27NO8S/c1-17-6-12-22(13-7-17)36(30,31)25(23-14-20(26(29)34-5)15-27(23)16-32-3)24(35-18(2)28)19-8-10-21(33-4)11-9-19/h6-15H,16H2,1-5H3/b25-24-. The maximum atomic E-state index is 14.1. The number of benzene rings is 2. The predicted octanol–water partition coefficient (Wildman–Crippen LogP) is 4.06. The minimum atomic E-state index is -4.30. The topological polar surface area (TPSA) is 110 Å². The van der Waals surface area contributed by atoms with E-state index in [1.54, 1.807) is 36.4 Å². The van der Waals surface area contributed by atoms with Crippen LogP contribution >= 0.6 is 0 Å². The monoisotopic (exact) mass is 513 g/mol. The number of ether oxygens (including phenoxy) is 4. The number of carbonyl (C=O) groups is 2. The molecule has 0 unspecified atom stereocenters. The lowest BCUT2D eigenvalue weighted by molar-refractivity contribution is -0.134. The van der Waals surface area contributed by atoms with Crippen molar-refractivity contribution in [3.63, 3.8) is 0 Å².